The molecule has 11 rings (SSSR count). The summed E-state index contributed by atoms with van der Waals surface area (Å²) in [6.45, 7) is 3.64. The molecule has 0 saturated carbocycles. The fraction of sp³-hybridized carbons (Fsp3) is 0.0571. The van der Waals surface area contributed by atoms with Crippen molar-refractivity contribution in [3.8, 4) is 66.8 Å². The van der Waals surface area contributed by atoms with E-state index in [1.54, 1.807) is 48.5 Å². The molecule has 2 N–H and O–H groups in total. The number of nitrogens with zero attached hydrogens (tertiary/aromatic N) is 2. The van der Waals surface area contributed by atoms with Crippen LogP contribution in [0.15, 0.2) is 277 Å². The van der Waals surface area contributed by atoms with E-state index < -0.39 is 20.2 Å². The number of aromatic nitrogens is 2. The molecule has 0 saturated heterocycles. The molecule has 0 spiro atoms. The molecule has 84 heavy (non-hydrogen) atoms. The maximum Gasteiger partial charge on any atom is 0.255 e. The summed E-state index contributed by atoms with van der Waals surface area (Å²) in [6.07, 6.45) is 8.22. The van der Waals surface area contributed by atoms with E-state index in [2.05, 4.69) is 157 Å². The average molecular weight is 1150 g/mol. The number of carbonyl (C=O) groups excluding carboxylic acids is 2. The predicted octanol–water partition coefficient (Wildman–Crippen LogP) is 13.6. The van der Waals surface area contributed by atoms with Crippen molar-refractivity contribution in [1.29, 1.82) is 0 Å². The van der Waals surface area contributed by atoms with Crippen LogP contribution >= 0.6 is 0 Å². The van der Waals surface area contributed by atoms with Crippen molar-refractivity contribution in [3.05, 3.63) is 290 Å². The van der Waals surface area contributed by atoms with Crippen LogP contribution in [0.25, 0.3) is 66.8 Å². The fourth-order valence-electron chi connectivity index (χ4n) is 8.89. The second kappa shape index (κ2) is 26.3. The standard InChI is InChI=1S/C56H42N4O2.2C7H8O3S/c1-59-35-31-49(32-36-59)45-15-11-41(12-16-45)39-3-7-43(8-4-39)47-23-27-53(28-24-47)57-55(61)51-19-21-52(22-20-51)56(62)58-54-29-25-48(26-30-54)44-9-5-40(6-10-44)42-13-17-46(18-14-42)50-33-37-60(2)38-34-50;2*1-6-2-4-7(5-3-6)11(8,9)10/h3-38H,1-2H3;2*2-5H,1H3,(H,8,9,10). The number of benzene rings is 9. The molecule has 11 aromatic rings. The molecule has 0 aliphatic rings. The van der Waals surface area contributed by atoms with Gasteiger partial charge in [0, 0.05) is 46.8 Å². The lowest BCUT2D eigenvalue weighted by atomic mass is 9.98. The lowest BCUT2D eigenvalue weighted by Crippen LogP contribution is -2.25. The van der Waals surface area contributed by atoms with E-state index in [9.17, 15) is 35.5 Å². The number of rotatable bonds is 12. The summed E-state index contributed by atoms with van der Waals surface area (Å²) in [5.74, 6) is -0.499. The predicted molar refractivity (Wildman–Crippen MR) is 328 cm³/mol. The Hall–Kier alpha value is -9.96. The molecule has 14 heteroatoms. The SMILES string of the molecule is C[n+]1ccc(-c2ccc(-c3ccc(-c4ccc(NC(=O)c5ccc(C(=O)Nc6ccc(-c7ccc(-c8ccc(-c9cc[n+](C)cc9)cc8)cc7)cc6)cc5)cc4)cc3)cc2)cc1.Cc1ccc(S(=O)(=O)[O-])cc1.Cc1ccc(S(=O)(=O)[O-])cc1. The van der Waals surface area contributed by atoms with Gasteiger partial charge >= 0.3 is 0 Å². The van der Waals surface area contributed by atoms with Gasteiger partial charge in [0.2, 0.25) is 0 Å². The third-order valence-corrected chi connectivity index (χ3v) is 15.5. The lowest BCUT2D eigenvalue weighted by Gasteiger charge is -2.10. The molecule has 2 aromatic heterocycles. The van der Waals surface area contributed by atoms with E-state index in [0.29, 0.717) is 22.5 Å². The number of aryl methyl sites for hydroxylation is 4. The highest BCUT2D eigenvalue weighted by Gasteiger charge is 2.12. The van der Waals surface area contributed by atoms with Crippen LogP contribution in [0, 0.1) is 13.8 Å². The summed E-state index contributed by atoms with van der Waals surface area (Å²) >= 11 is 0. The topological polar surface area (TPSA) is 180 Å². The fourth-order valence-corrected chi connectivity index (χ4v) is 9.83. The Morgan fingerprint density at radius 1 is 0.298 bits per heavy atom. The maximum absolute atomic E-state index is 13.1. The highest BCUT2D eigenvalue weighted by molar-refractivity contribution is 7.86. The number of pyridine rings is 2. The largest absolute Gasteiger partial charge is 0.744 e. The third kappa shape index (κ3) is 15.7. The van der Waals surface area contributed by atoms with Crippen LogP contribution in [0.2, 0.25) is 0 Å². The minimum Gasteiger partial charge on any atom is -0.744 e. The third-order valence-electron chi connectivity index (χ3n) is 13.8. The minimum atomic E-state index is -4.27. The zero-order valence-corrected chi connectivity index (χ0v) is 48.0. The molecule has 0 bridgehead atoms. The molecular formula is C70H58N4O8S2. The molecule has 0 aliphatic carbocycles. The summed E-state index contributed by atoms with van der Waals surface area (Å²) in [6, 6.07) is 76.6. The summed E-state index contributed by atoms with van der Waals surface area (Å²) in [5.41, 5.74) is 17.8. The van der Waals surface area contributed by atoms with Gasteiger partial charge < -0.3 is 19.7 Å². The first-order valence-electron chi connectivity index (χ1n) is 26.6. The molecule has 2 amide bonds. The van der Waals surface area contributed by atoms with Gasteiger partial charge in [0.25, 0.3) is 11.8 Å². The Morgan fingerprint density at radius 3 is 0.690 bits per heavy atom. The Kier molecular flexibility index (Phi) is 18.4. The van der Waals surface area contributed by atoms with E-state index in [1.165, 1.54) is 46.5 Å². The average Bonchev–Trinajstić information content (AvgIpc) is 3.65. The number of anilines is 2. The van der Waals surface area contributed by atoms with Gasteiger partial charge in [-0.1, -0.05) is 157 Å². The number of hydrogen-bond acceptors (Lipinski definition) is 8. The first kappa shape index (κ1) is 58.7. The van der Waals surface area contributed by atoms with Crippen LogP contribution in [0.3, 0.4) is 0 Å². The summed E-state index contributed by atoms with van der Waals surface area (Å²) in [5, 5.41) is 5.95. The van der Waals surface area contributed by atoms with Crippen molar-refractivity contribution in [2.75, 3.05) is 10.6 Å². The Bertz CT molecular complexity index is 3980. The monoisotopic (exact) mass is 1150 g/mol. The van der Waals surface area contributed by atoms with Crippen LogP contribution < -0.4 is 19.8 Å². The van der Waals surface area contributed by atoms with Gasteiger partial charge in [0.05, 0.1) is 9.79 Å². The zero-order valence-electron chi connectivity index (χ0n) is 46.4. The first-order valence-corrected chi connectivity index (χ1v) is 29.4. The second-order valence-corrected chi connectivity index (χ2v) is 22.7. The van der Waals surface area contributed by atoms with Gasteiger partial charge in [-0.05, 0) is 153 Å². The number of hydrogen-bond donors (Lipinski definition) is 2. The maximum atomic E-state index is 13.1. The van der Waals surface area contributed by atoms with E-state index in [4.69, 9.17) is 0 Å². The molecule has 0 atom stereocenters. The van der Waals surface area contributed by atoms with Crippen LogP contribution in [0.1, 0.15) is 31.8 Å². The zero-order chi connectivity index (χ0) is 59.4. The van der Waals surface area contributed by atoms with Gasteiger partial charge in [0.15, 0.2) is 24.8 Å². The van der Waals surface area contributed by atoms with Gasteiger partial charge in [-0.2, -0.15) is 0 Å². The molecular weight excluding hydrogens is 1090 g/mol. The van der Waals surface area contributed by atoms with Crippen molar-refractivity contribution in [1.82, 2.24) is 0 Å². The van der Waals surface area contributed by atoms with Gasteiger partial charge in [-0.25, -0.2) is 26.0 Å². The summed E-state index contributed by atoms with van der Waals surface area (Å²) in [4.78, 5) is 25.9. The van der Waals surface area contributed by atoms with Gasteiger partial charge in [-0.15, -0.1) is 0 Å². The highest BCUT2D eigenvalue weighted by Crippen LogP contribution is 2.30. The number of amides is 2. The van der Waals surface area contributed by atoms with Gasteiger partial charge in [0.1, 0.15) is 34.3 Å². The molecule has 0 aliphatic heterocycles. The Morgan fingerprint density at radius 2 is 0.488 bits per heavy atom. The van der Waals surface area contributed by atoms with E-state index >= 15 is 0 Å². The molecule has 2 heterocycles. The van der Waals surface area contributed by atoms with Crippen molar-refractivity contribution in [3.63, 3.8) is 0 Å². The van der Waals surface area contributed by atoms with E-state index in [1.807, 2.05) is 85.6 Å². The van der Waals surface area contributed by atoms with Crippen LogP contribution in [0.5, 0.6) is 0 Å². The molecule has 0 unspecified atom stereocenters. The first-order chi connectivity index (χ1) is 40.3. The Labute approximate surface area is 490 Å². The highest BCUT2D eigenvalue weighted by atomic mass is 32.2. The quantitative estimate of drug-likeness (QED) is 0.0895. The van der Waals surface area contributed by atoms with Crippen molar-refractivity contribution in [2.24, 2.45) is 14.1 Å². The van der Waals surface area contributed by atoms with E-state index in [-0.39, 0.29) is 21.6 Å². The number of carbonyl (C=O) groups is 2. The number of nitrogens with one attached hydrogen (secondary N) is 2. The van der Waals surface area contributed by atoms with Crippen LogP contribution in [0.4, 0.5) is 11.4 Å². The molecule has 12 nitrogen and oxygen atoms in total. The summed E-state index contributed by atoms with van der Waals surface area (Å²) < 4.78 is 66.4. The molecule has 0 radical (unpaired) electrons. The molecule has 0 fully saturated rings. The molecule has 418 valence electrons. The van der Waals surface area contributed by atoms with Crippen LogP contribution in [-0.4, -0.2) is 37.8 Å². The van der Waals surface area contributed by atoms with Crippen molar-refractivity contribution in [2.45, 2.75) is 23.6 Å². The Balaban J connectivity index is 0.000000320. The smallest absolute Gasteiger partial charge is 0.255 e. The molecule has 9 aromatic carbocycles. The minimum absolute atomic E-state index is 0.178. The van der Waals surface area contributed by atoms with Crippen molar-refractivity contribution >= 4 is 43.4 Å². The second-order valence-electron chi connectivity index (χ2n) is 20.0. The van der Waals surface area contributed by atoms with Crippen LogP contribution in [-0.2, 0) is 34.3 Å². The van der Waals surface area contributed by atoms with Gasteiger partial charge in [-0.3, -0.25) is 9.59 Å². The lowest BCUT2D eigenvalue weighted by molar-refractivity contribution is -0.671. The van der Waals surface area contributed by atoms with Crippen molar-refractivity contribution < 1.29 is 44.7 Å². The van der Waals surface area contributed by atoms with E-state index in [0.717, 1.165) is 55.6 Å². The normalized spacial score (nSPS) is 11.0. The summed E-state index contributed by atoms with van der Waals surface area (Å²) in [7, 11) is -4.50.